The zero-order chi connectivity index (χ0) is 17.8. The van der Waals surface area contributed by atoms with Crippen molar-refractivity contribution in [3.8, 4) is 5.75 Å². The minimum atomic E-state index is -0.417. The highest BCUT2D eigenvalue weighted by molar-refractivity contribution is 5.94. The highest BCUT2D eigenvalue weighted by atomic mass is 16.6. The van der Waals surface area contributed by atoms with Crippen LogP contribution < -0.4 is 15.0 Å². The van der Waals surface area contributed by atoms with Gasteiger partial charge in [0.15, 0.2) is 0 Å². The molecule has 0 aliphatic carbocycles. The van der Waals surface area contributed by atoms with E-state index < -0.39 is 6.09 Å². The molecule has 1 heterocycles. The van der Waals surface area contributed by atoms with Gasteiger partial charge in [0.1, 0.15) is 11.9 Å². The number of amides is 2. The SMILES string of the molecule is COc1ccc(N2CC(CNC(=O)c3cccc(C)c3)OC2=O)cc1. The van der Waals surface area contributed by atoms with Gasteiger partial charge in [-0.2, -0.15) is 0 Å². The van der Waals surface area contributed by atoms with Gasteiger partial charge in [-0.25, -0.2) is 4.79 Å². The predicted octanol–water partition coefficient (Wildman–Crippen LogP) is 2.76. The summed E-state index contributed by atoms with van der Waals surface area (Å²) in [4.78, 5) is 25.8. The first kappa shape index (κ1) is 16.8. The number of ether oxygens (including phenoxy) is 2. The lowest BCUT2D eigenvalue weighted by Gasteiger charge is -2.13. The van der Waals surface area contributed by atoms with Gasteiger partial charge < -0.3 is 14.8 Å². The second-order valence-electron chi connectivity index (χ2n) is 5.89. The molecule has 0 bridgehead atoms. The molecule has 0 aromatic heterocycles. The highest BCUT2D eigenvalue weighted by Crippen LogP contribution is 2.24. The second kappa shape index (κ2) is 7.25. The fourth-order valence-corrected chi connectivity index (χ4v) is 2.70. The quantitative estimate of drug-likeness (QED) is 0.909. The third kappa shape index (κ3) is 3.91. The van der Waals surface area contributed by atoms with E-state index in [2.05, 4.69) is 5.32 Å². The molecule has 2 aromatic carbocycles. The number of nitrogens with zero attached hydrogens (tertiary/aromatic N) is 1. The predicted molar refractivity (Wildman–Crippen MR) is 94.1 cm³/mol. The number of hydrogen-bond donors (Lipinski definition) is 1. The number of benzene rings is 2. The summed E-state index contributed by atoms with van der Waals surface area (Å²) < 4.78 is 10.4. The summed E-state index contributed by atoms with van der Waals surface area (Å²) in [6, 6.07) is 14.5. The zero-order valence-electron chi connectivity index (χ0n) is 14.2. The van der Waals surface area contributed by atoms with Crippen LogP contribution in [0.4, 0.5) is 10.5 Å². The molecule has 6 nitrogen and oxygen atoms in total. The molecule has 2 amide bonds. The lowest BCUT2D eigenvalue weighted by atomic mass is 10.1. The summed E-state index contributed by atoms with van der Waals surface area (Å²) in [5.41, 5.74) is 2.35. The summed E-state index contributed by atoms with van der Waals surface area (Å²) in [5.74, 6) is 0.543. The molecule has 0 spiro atoms. The average Bonchev–Trinajstić information content (AvgIpc) is 3.00. The Morgan fingerprint density at radius 2 is 2.04 bits per heavy atom. The summed E-state index contributed by atoms with van der Waals surface area (Å²) in [5, 5.41) is 2.82. The van der Waals surface area contributed by atoms with E-state index in [1.54, 1.807) is 42.3 Å². The van der Waals surface area contributed by atoms with Crippen LogP contribution in [0.25, 0.3) is 0 Å². The number of methoxy groups -OCH3 is 1. The van der Waals surface area contributed by atoms with Crippen LogP contribution in [0.1, 0.15) is 15.9 Å². The Hall–Kier alpha value is -3.02. The number of hydrogen-bond acceptors (Lipinski definition) is 4. The third-order valence-corrected chi connectivity index (χ3v) is 4.03. The Labute approximate surface area is 146 Å². The van der Waals surface area contributed by atoms with Gasteiger partial charge in [0, 0.05) is 11.3 Å². The molecule has 130 valence electrons. The molecule has 2 aromatic rings. The highest BCUT2D eigenvalue weighted by Gasteiger charge is 2.32. The smallest absolute Gasteiger partial charge is 0.414 e. The van der Waals surface area contributed by atoms with Gasteiger partial charge in [0.25, 0.3) is 5.91 Å². The number of carbonyl (C=O) groups is 2. The molecular formula is C19H20N2O4. The first-order valence-corrected chi connectivity index (χ1v) is 8.04. The van der Waals surface area contributed by atoms with Crippen LogP contribution in [0.5, 0.6) is 5.75 Å². The van der Waals surface area contributed by atoms with E-state index in [4.69, 9.17) is 9.47 Å². The lowest BCUT2D eigenvalue weighted by Crippen LogP contribution is -2.34. The van der Waals surface area contributed by atoms with Gasteiger partial charge >= 0.3 is 6.09 Å². The summed E-state index contributed by atoms with van der Waals surface area (Å²) in [6.07, 6.45) is -0.802. The van der Waals surface area contributed by atoms with Crippen LogP contribution in [0.2, 0.25) is 0 Å². The van der Waals surface area contributed by atoms with Crippen LogP contribution in [0.15, 0.2) is 48.5 Å². The van der Waals surface area contributed by atoms with Crippen molar-refractivity contribution in [3.05, 3.63) is 59.7 Å². The first-order chi connectivity index (χ1) is 12.1. The molecular weight excluding hydrogens is 320 g/mol. The fraction of sp³-hybridized carbons (Fsp3) is 0.263. The maximum Gasteiger partial charge on any atom is 0.414 e. The molecule has 1 aliphatic rings. The van der Waals surface area contributed by atoms with Crippen molar-refractivity contribution in [2.75, 3.05) is 25.1 Å². The van der Waals surface area contributed by atoms with E-state index in [0.717, 1.165) is 17.0 Å². The minimum Gasteiger partial charge on any atom is -0.497 e. The van der Waals surface area contributed by atoms with Crippen molar-refractivity contribution in [1.82, 2.24) is 5.32 Å². The van der Waals surface area contributed by atoms with Crippen LogP contribution in [-0.4, -0.2) is 38.3 Å². The summed E-state index contributed by atoms with van der Waals surface area (Å²) in [6.45, 7) is 2.59. The average molecular weight is 340 g/mol. The van der Waals surface area contributed by atoms with Crippen molar-refractivity contribution in [2.45, 2.75) is 13.0 Å². The van der Waals surface area contributed by atoms with E-state index >= 15 is 0 Å². The van der Waals surface area contributed by atoms with Crippen molar-refractivity contribution < 1.29 is 19.1 Å². The van der Waals surface area contributed by atoms with Crippen LogP contribution in [-0.2, 0) is 4.74 Å². The van der Waals surface area contributed by atoms with Crippen molar-refractivity contribution >= 4 is 17.7 Å². The van der Waals surface area contributed by atoms with Crippen LogP contribution >= 0.6 is 0 Å². The Kier molecular flexibility index (Phi) is 4.88. The van der Waals surface area contributed by atoms with Gasteiger partial charge in [0.2, 0.25) is 0 Å². The van der Waals surface area contributed by atoms with Crippen molar-refractivity contribution in [3.63, 3.8) is 0 Å². The van der Waals surface area contributed by atoms with Gasteiger partial charge in [-0.3, -0.25) is 9.69 Å². The summed E-state index contributed by atoms with van der Waals surface area (Å²) in [7, 11) is 1.59. The standard InChI is InChI=1S/C19H20N2O4/c1-13-4-3-5-14(10-13)18(22)20-11-17-12-21(19(23)25-17)15-6-8-16(24-2)9-7-15/h3-10,17H,11-12H2,1-2H3,(H,20,22). The monoisotopic (exact) mass is 340 g/mol. The molecule has 1 saturated heterocycles. The number of anilines is 1. The normalized spacial score (nSPS) is 16.5. The number of cyclic esters (lactones) is 1. The Morgan fingerprint density at radius 1 is 1.28 bits per heavy atom. The molecule has 1 fully saturated rings. The minimum absolute atomic E-state index is 0.178. The maximum absolute atomic E-state index is 12.2. The third-order valence-electron chi connectivity index (χ3n) is 4.03. The molecule has 25 heavy (non-hydrogen) atoms. The lowest BCUT2D eigenvalue weighted by molar-refractivity contribution is 0.0916. The first-order valence-electron chi connectivity index (χ1n) is 8.04. The van der Waals surface area contributed by atoms with E-state index in [-0.39, 0.29) is 18.6 Å². The van der Waals surface area contributed by atoms with E-state index in [1.165, 1.54) is 0 Å². The van der Waals surface area contributed by atoms with Gasteiger partial charge in [0.05, 0.1) is 20.2 Å². The molecule has 3 rings (SSSR count). The number of rotatable bonds is 5. The van der Waals surface area contributed by atoms with E-state index in [0.29, 0.717) is 12.1 Å². The van der Waals surface area contributed by atoms with Crippen molar-refractivity contribution in [1.29, 1.82) is 0 Å². The Bertz CT molecular complexity index is 773. The summed E-state index contributed by atoms with van der Waals surface area (Å²) >= 11 is 0. The fourth-order valence-electron chi connectivity index (χ4n) is 2.70. The topological polar surface area (TPSA) is 67.9 Å². The number of carbonyl (C=O) groups excluding carboxylic acids is 2. The number of nitrogens with one attached hydrogen (secondary N) is 1. The zero-order valence-corrected chi connectivity index (χ0v) is 14.2. The second-order valence-corrected chi connectivity index (χ2v) is 5.89. The van der Waals surface area contributed by atoms with E-state index in [9.17, 15) is 9.59 Å². The molecule has 1 aliphatic heterocycles. The molecule has 0 radical (unpaired) electrons. The maximum atomic E-state index is 12.2. The number of aryl methyl sites for hydroxylation is 1. The van der Waals surface area contributed by atoms with Crippen LogP contribution in [0, 0.1) is 6.92 Å². The molecule has 1 unspecified atom stereocenters. The van der Waals surface area contributed by atoms with Crippen LogP contribution in [0.3, 0.4) is 0 Å². The molecule has 1 N–H and O–H groups in total. The molecule has 6 heteroatoms. The van der Waals surface area contributed by atoms with E-state index in [1.807, 2.05) is 25.1 Å². The Morgan fingerprint density at radius 3 is 2.72 bits per heavy atom. The van der Waals surface area contributed by atoms with Gasteiger partial charge in [-0.1, -0.05) is 17.7 Å². The largest absolute Gasteiger partial charge is 0.497 e. The molecule has 1 atom stereocenters. The van der Waals surface area contributed by atoms with Gasteiger partial charge in [-0.15, -0.1) is 0 Å². The van der Waals surface area contributed by atoms with Gasteiger partial charge in [-0.05, 0) is 43.3 Å². The Balaban J connectivity index is 1.58. The van der Waals surface area contributed by atoms with Crippen molar-refractivity contribution in [2.24, 2.45) is 0 Å². The molecule has 0 saturated carbocycles.